The zero-order chi connectivity index (χ0) is 18.8. The van der Waals surface area contributed by atoms with Crippen molar-refractivity contribution in [3.05, 3.63) is 58.7 Å². The molecule has 0 nitrogen and oxygen atoms in total. The van der Waals surface area contributed by atoms with E-state index >= 15 is 0 Å². The van der Waals surface area contributed by atoms with Crippen LogP contribution in [0.5, 0.6) is 0 Å². The number of hydrogen-bond donors (Lipinski definition) is 0. The predicted octanol–water partition coefficient (Wildman–Crippen LogP) is 6.98. The Morgan fingerprint density at radius 1 is 0.769 bits per heavy atom. The Labute approximate surface area is 152 Å². The molecule has 0 N–H and O–H groups in total. The van der Waals surface area contributed by atoms with Gasteiger partial charge in [-0.25, -0.2) is 17.6 Å². The smallest absolute Gasteiger partial charge is 0.167 e. The summed E-state index contributed by atoms with van der Waals surface area (Å²) in [4.78, 5) is 0. The second kappa shape index (κ2) is 7.81. The van der Waals surface area contributed by atoms with Gasteiger partial charge in [0.25, 0.3) is 0 Å². The molecular weight excluding hydrogens is 340 g/mol. The van der Waals surface area contributed by atoms with E-state index < -0.39 is 23.3 Å². The SMILES string of the molecule is Cc1ccc(-c2ccc(CCC3CCC(C)CC3)c(F)c2F)c(F)c1F. The first-order valence-electron chi connectivity index (χ1n) is 9.30. The van der Waals surface area contributed by atoms with Gasteiger partial charge in [0, 0.05) is 11.1 Å². The lowest BCUT2D eigenvalue weighted by atomic mass is 9.80. The van der Waals surface area contributed by atoms with Crippen molar-refractivity contribution in [2.75, 3.05) is 0 Å². The zero-order valence-corrected chi connectivity index (χ0v) is 15.2. The van der Waals surface area contributed by atoms with E-state index in [2.05, 4.69) is 6.92 Å². The molecule has 0 atom stereocenters. The summed E-state index contributed by atoms with van der Waals surface area (Å²) in [5, 5.41) is 0. The Morgan fingerprint density at radius 2 is 1.35 bits per heavy atom. The van der Waals surface area contributed by atoms with Gasteiger partial charge in [0.2, 0.25) is 0 Å². The second-order valence-corrected chi connectivity index (χ2v) is 7.62. The van der Waals surface area contributed by atoms with Gasteiger partial charge < -0.3 is 0 Å². The van der Waals surface area contributed by atoms with Crippen LogP contribution in [0.2, 0.25) is 0 Å². The molecule has 3 rings (SSSR count). The number of rotatable bonds is 4. The molecule has 1 aliphatic rings. The monoisotopic (exact) mass is 364 g/mol. The van der Waals surface area contributed by atoms with Gasteiger partial charge in [-0.15, -0.1) is 0 Å². The normalized spacial score (nSPS) is 20.4. The fourth-order valence-electron chi connectivity index (χ4n) is 3.82. The van der Waals surface area contributed by atoms with Gasteiger partial charge in [-0.2, -0.15) is 0 Å². The maximum atomic E-state index is 14.5. The lowest BCUT2D eigenvalue weighted by molar-refractivity contribution is 0.277. The second-order valence-electron chi connectivity index (χ2n) is 7.62. The highest BCUT2D eigenvalue weighted by atomic mass is 19.2. The van der Waals surface area contributed by atoms with Crippen LogP contribution in [-0.4, -0.2) is 0 Å². The summed E-state index contributed by atoms with van der Waals surface area (Å²) in [6.45, 7) is 3.67. The van der Waals surface area contributed by atoms with Gasteiger partial charge in [-0.1, -0.05) is 56.9 Å². The van der Waals surface area contributed by atoms with Crippen LogP contribution >= 0.6 is 0 Å². The van der Waals surface area contributed by atoms with Gasteiger partial charge in [0.05, 0.1) is 0 Å². The van der Waals surface area contributed by atoms with E-state index in [1.807, 2.05) is 0 Å². The van der Waals surface area contributed by atoms with Crippen molar-refractivity contribution in [1.29, 1.82) is 0 Å². The molecule has 0 saturated heterocycles. The minimum absolute atomic E-state index is 0.130. The highest BCUT2D eigenvalue weighted by Gasteiger charge is 2.22. The van der Waals surface area contributed by atoms with E-state index in [9.17, 15) is 17.6 Å². The third-order valence-corrected chi connectivity index (χ3v) is 5.69. The highest BCUT2D eigenvalue weighted by molar-refractivity contribution is 5.66. The van der Waals surface area contributed by atoms with Crippen LogP contribution in [0.4, 0.5) is 17.6 Å². The average molecular weight is 364 g/mol. The fraction of sp³-hybridized carbons (Fsp3) is 0.455. The fourth-order valence-corrected chi connectivity index (χ4v) is 3.82. The van der Waals surface area contributed by atoms with Crippen molar-refractivity contribution < 1.29 is 17.6 Å². The van der Waals surface area contributed by atoms with E-state index in [0.717, 1.165) is 25.2 Å². The Hall–Kier alpha value is -1.84. The molecule has 0 aliphatic heterocycles. The third-order valence-electron chi connectivity index (χ3n) is 5.69. The van der Waals surface area contributed by atoms with Crippen molar-refractivity contribution >= 4 is 0 Å². The minimum Gasteiger partial charge on any atom is -0.203 e. The van der Waals surface area contributed by atoms with Crippen molar-refractivity contribution in [1.82, 2.24) is 0 Å². The van der Waals surface area contributed by atoms with E-state index in [0.29, 0.717) is 17.9 Å². The zero-order valence-electron chi connectivity index (χ0n) is 15.2. The Bertz CT molecular complexity index is 789. The van der Waals surface area contributed by atoms with E-state index in [4.69, 9.17) is 0 Å². The topological polar surface area (TPSA) is 0 Å². The third kappa shape index (κ3) is 3.79. The predicted molar refractivity (Wildman–Crippen MR) is 95.9 cm³/mol. The molecule has 2 aromatic carbocycles. The molecule has 0 unspecified atom stereocenters. The maximum Gasteiger partial charge on any atom is 0.167 e. The lowest BCUT2D eigenvalue weighted by Crippen LogP contribution is -2.13. The van der Waals surface area contributed by atoms with Gasteiger partial charge in [-0.3, -0.25) is 0 Å². The summed E-state index contributed by atoms with van der Waals surface area (Å²) in [5.41, 5.74) is -0.0603. The van der Waals surface area contributed by atoms with Crippen molar-refractivity contribution in [2.24, 2.45) is 11.8 Å². The summed E-state index contributed by atoms with van der Waals surface area (Å²) in [6.07, 6.45) is 5.95. The molecule has 4 heteroatoms. The van der Waals surface area contributed by atoms with Gasteiger partial charge in [0.15, 0.2) is 23.3 Å². The van der Waals surface area contributed by atoms with Crippen molar-refractivity contribution in [2.45, 2.75) is 52.4 Å². The quantitative estimate of drug-likeness (QED) is 0.514. The Kier molecular flexibility index (Phi) is 5.69. The summed E-state index contributed by atoms with van der Waals surface area (Å²) in [5.74, 6) is -2.93. The van der Waals surface area contributed by atoms with Gasteiger partial charge in [-0.05, 0) is 42.7 Å². The molecular formula is C22H24F4. The van der Waals surface area contributed by atoms with E-state index in [-0.39, 0.29) is 16.7 Å². The van der Waals surface area contributed by atoms with Crippen LogP contribution in [0.3, 0.4) is 0 Å². The largest absolute Gasteiger partial charge is 0.203 e. The average Bonchev–Trinajstić information content (AvgIpc) is 2.63. The van der Waals surface area contributed by atoms with Crippen LogP contribution in [0.25, 0.3) is 11.1 Å². The standard InChI is InChI=1S/C22H24F4/c1-13-3-6-15(7-4-13)8-9-16-10-12-18(22(26)20(16)24)17-11-5-14(2)19(23)21(17)25/h5,10-13,15H,3-4,6-9H2,1-2H3. The molecule has 0 bridgehead atoms. The van der Waals surface area contributed by atoms with Crippen LogP contribution in [0, 0.1) is 42.0 Å². The molecule has 140 valence electrons. The first kappa shape index (κ1) is 18.9. The molecule has 0 heterocycles. The number of halogens is 4. The Balaban J connectivity index is 1.80. The van der Waals surface area contributed by atoms with Crippen LogP contribution in [0.15, 0.2) is 24.3 Å². The minimum atomic E-state index is -1.15. The molecule has 0 aromatic heterocycles. The van der Waals surface area contributed by atoms with Gasteiger partial charge >= 0.3 is 0 Å². The molecule has 1 saturated carbocycles. The number of benzene rings is 2. The van der Waals surface area contributed by atoms with Crippen LogP contribution < -0.4 is 0 Å². The number of aryl methyl sites for hydroxylation is 2. The number of hydrogen-bond acceptors (Lipinski definition) is 0. The van der Waals surface area contributed by atoms with Gasteiger partial charge in [0.1, 0.15) is 0 Å². The van der Waals surface area contributed by atoms with Crippen LogP contribution in [-0.2, 0) is 6.42 Å². The summed E-state index contributed by atoms with van der Waals surface area (Å²) in [6, 6.07) is 5.50. The molecule has 0 amide bonds. The summed E-state index contributed by atoms with van der Waals surface area (Å²) >= 11 is 0. The molecule has 1 fully saturated rings. The van der Waals surface area contributed by atoms with Crippen molar-refractivity contribution in [3.8, 4) is 11.1 Å². The van der Waals surface area contributed by atoms with E-state index in [1.54, 1.807) is 0 Å². The summed E-state index contributed by atoms with van der Waals surface area (Å²) in [7, 11) is 0. The van der Waals surface area contributed by atoms with Crippen molar-refractivity contribution in [3.63, 3.8) is 0 Å². The summed E-state index contributed by atoms with van der Waals surface area (Å²) < 4.78 is 56.9. The molecule has 0 radical (unpaired) electrons. The molecule has 26 heavy (non-hydrogen) atoms. The lowest BCUT2D eigenvalue weighted by Gasteiger charge is -2.26. The maximum absolute atomic E-state index is 14.5. The first-order valence-corrected chi connectivity index (χ1v) is 9.30. The van der Waals surface area contributed by atoms with Crippen LogP contribution in [0.1, 0.15) is 50.2 Å². The highest BCUT2D eigenvalue weighted by Crippen LogP contribution is 2.33. The molecule has 0 spiro atoms. The van der Waals surface area contributed by atoms with E-state index in [1.165, 1.54) is 44.0 Å². The molecule has 2 aromatic rings. The first-order chi connectivity index (χ1) is 12.4. The Morgan fingerprint density at radius 3 is 2.00 bits per heavy atom. The molecule has 1 aliphatic carbocycles.